The number of cyclic esters (lactones) is 1. The molecule has 5 nitrogen and oxygen atoms in total. The van der Waals surface area contributed by atoms with Gasteiger partial charge in [0.2, 0.25) is 0 Å². The van der Waals surface area contributed by atoms with Gasteiger partial charge in [-0.3, -0.25) is 0 Å². The fraction of sp³-hybridized carbons (Fsp3) is 0.667. The second-order valence-corrected chi connectivity index (χ2v) is 2.74. The maximum Gasteiger partial charge on any atom is 0.408 e. The number of alkyl halides is 2. The molecule has 1 rings (SSSR count). The molecule has 0 aromatic carbocycles. The van der Waals surface area contributed by atoms with Gasteiger partial charge in [-0.2, -0.15) is 0 Å². The van der Waals surface area contributed by atoms with Crippen molar-refractivity contribution in [1.82, 2.24) is 5.32 Å². The monoisotopic (exact) mass is 195 g/mol. The van der Waals surface area contributed by atoms with Crippen LogP contribution in [0.3, 0.4) is 0 Å². The lowest BCUT2D eigenvalue weighted by atomic mass is 10.1. The van der Waals surface area contributed by atoms with Crippen LogP contribution in [-0.2, 0) is 9.53 Å². The molecule has 74 valence electrons. The van der Waals surface area contributed by atoms with Gasteiger partial charge >= 0.3 is 12.1 Å². The summed E-state index contributed by atoms with van der Waals surface area (Å²) in [4.78, 5) is 20.9. The number of carbonyl (C=O) groups is 2. The number of halogens is 2. The molecule has 2 atom stereocenters. The molecule has 1 aliphatic rings. The first-order valence-electron chi connectivity index (χ1n) is 3.40. The van der Waals surface area contributed by atoms with E-state index in [4.69, 9.17) is 5.11 Å². The minimum absolute atomic E-state index is 0.494. The van der Waals surface area contributed by atoms with Gasteiger partial charge in [0.15, 0.2) is 12.1 Å². The van der Waals surface area contributed by atoms with Crippen LogP contribution in [0.2, 0.25) is 0 Å². The Hall–Kier alpha value is -1.40. The highest BCUT2D eigenvalue weighted by Crippen LogP contribution is 2.26. The van der Waals surface area contributed by atoms with Crippen LogP contribution in [0.1, 0.15) is 6.92 Å². The van der Waals surface area contributed by atoms with Crippen LogP contribution in [0.5, 0.6) is 0 Å². The third-order valence-electron chi connectivity index (χ3n) is 1.58. The number of carbonyl (C=O) groups excluding carboxylic acids is 1. The van der Waals surface area contributed by atoms with E-state index in [-0.39, 0.29) is 0 Å². The number of amides is 1. The largest absolute Gasteiger partial charge is 0.480 e. The highest BCUT2D eigenvalue weighted by molar-refractivity contribution is 5.83. The Labute approximate surface area is 71.7 Å². The van der Waals surface area contributed by atoms with E-state index in [0.717, 1.165) is 0 Å². The number of hydrogen-bond acceptors (Lipinski definition) is 3. The van der Waals surface area contributed by atoms with E-state index in [0.29, 0.717) is 6.92 Å². The maximum atomic E-state index is 12.6. The van der Waals surface area contributed by atoms with Crippen molar-refractivity contribution in [2.24, 2.45) is 0 Å². The zero-order valence-corrected chi connectivity index (χ0v) is 6.58. The van der Waals surface area contributed by atoms with Crippen molar-refractivity contribution in [2.45, 2.75) is 25.0 Å². The summed E-state index contributed by atoms with van der Waals surface area (Å²) in [5, 5.41) is 10.2. The summed E-state index contributed by atoms with van der Waals surface area (Å²) in [7, 11) is 0. The minimum atomic E-state index is -3.37. The molecule has 0 aliphatic carbocycles. The minimum Gasteiger partial charge on any atom is -0.480 e. The summed E-state index contributed by atoms with van der Waals surface area (Å²) in [6.07, 6.45) is -3.09. The summed E-state index contributed by atoms with van der Waals surface area (Å²) in [6, 6.07) is -1.69. The van der Waals surface area contributed by atoms with Crippen LogP contribution in [0, 0.1) is 0 Å². The number of carboxylic acids is 1. The molecule has 0 bridgehead atoms. The van der Waals surface area contributed by atoms with Crippen molar-refractivity contribution in [2.75, 3.05) is 0 Å². The first-order chi connectivity index (χ1) is 5.82. The fourth-order valence-electron chi connectivity index (χ4n) is 1.01. The Bertz CT molecular complexity index is 250. The van der Waals surface area contributed by atoms with Gasteiger partial charge in [-0.1, -0.05) is 0 Å². The van der Waals surface area contributed by atoms with Gasteiger partial charge in [-0.25, -0.2) is 18.4 Å². The summed E-state index contributed by atoms with van der Waals surface area (Å²) in [5.41, 5.74) is 0. The Morgan fingerprint density at radius 1 is 1.69 bits per heavy atom. The Morgan fingerprint density at radius 3 is 2.54 bits per heavy atom. The summed E-state index contributed by atoms with van der Waals surface area (Å²) >= 11 is 0. The van der Waals surface area contributed by atoms with Gasteiger partial charge in [0.1, 0.15) is 0 Å². The molecule has 0 unspecified atom stereocenters. The topological polar surface area (TPSA) is 75.6 Å². The molecule has 0 radical (unpaired) electrons. The molecule has 1 fully saturated rings. The molecule has 0 spiro atoms. The van der Waals surface area contributed by atoms with Gasteiger partial charge in [0, 0.05) is 6.92 Å². The van der Waals surface area contributed by atoms with Crippen LogP contribution < -0.4 is 5.32 Å². The van der Waals surface area contributed by atoms with E-state index >= 15 is 0 Å². The number of alkyl carbamates (subject to hydrolysis) is 1. The highest BCUT2D eigenvalue weighted by Gasteiger charge is 2.51. The average Bonchev–Trinajstić information content (AvgIpc) is 2.29. The van der Waals surface area contributed by atoms with Crippen LogP contribution in [0.4, 0.5) is 13.6 Å². The number of rotatable bonds is 2. The standard InChI is InChI=1S/C6H7F2NO4/c1-6(7,8)3-2(4(10)11)9-5(12)13-3/h2-3H,1H3,(H,9,12)(H,10,11)/t2-,3-/m0/s1. The zero-order valence-electron chi connectivity index (χ0n) is 6.58. The van der Waals surface area contributed by atoms with Crippen LogP contribution in [0.15, 0.2) is 0 Å². The summed E-state index contributed by atoms with van der Waals surface area (Å²) < 4.78 is 29.4. The van der Waals surface area contributed by atoms with Crippen LogP contribution in [-0.4, -0.2) is 35.2 Å². The average molecular weight is 195 g/mol. The van der Waals surface area contributed by atoms with Crippen molar-refractivity contribution in [3.8, 4) is 0 Å². The second-order valence-electron chi connectivity index (χ2n) is 2.74. The van der Waals surface area contributed by atoms with E-state index in [1.165, 1.54) is 0 Å². The van der Waals surface area contributed by atoms with Crippen molar-refractivity contribution in [3.05, 3.63) is 0 Å². The van der Waals surface area contributed by atoms with Gasteiger partial charge < -0.3 is 15.2 Å². The molecule has 1 aliphatic heterocycles. The Kier molecular flexibility index (Phi) is 2.10. The smallest absolute Gasteiger partial charge is 0.408 e. The number of hydrogen-bond donors (Lipinski definition) is 2. The lowest BCUT2D eigenvalue weighted by molar-refractivity contribution is -0.148. The van der Waals surface area contributed by atoms with Gasteiger partial charge in [0.25, 0.3) is 5.92 Å². The number of ether oxygens (including phenoxy) is 1. The van der Waals surface area contributed by atoms with Crippen molar-refractivity contribution in [1.29, 1.82) is 0 Å². The Balaban J connectivity index is 2.84. The quantitative estimate of drug-likeness (QED) is 0.660. The van der Waals surface area contributed by atoms with Gasteiger partial charge in [-0.05, 0) is 0 Å². The van der Waals surface area contributed by atoms with Crippen LogP contribution >= 0.6 is 0 Å². The molecule has 1 amide bonds. The lowest BCUT2D eigenvalue weighted by Crippen LogP contribution is -2.46. The van der Waals surface area contributed by atoms with Gasteiger partial charge in [0.05, 0.1) is 0 Å². The third kappa shape index (κ3) is 1.85. The number of carboxylic acid groups (broad SMARTS) is 1. The molecule has 1 saturated heterocycles. The first-order valence-corrected chi connectivity index (χ1v) is 3.40. The van der Waals surface area contributed by atoms with Crippen LogP contribution in [0.25, 0.3) is 0 Å². The molecule has 13 heavy (non-hydrogen) atoms. The van der Waals surface area contributed by atoms with Crippen molar-refractivity contribution in [3.63, 3.8) is 0 Å². The predicted octanol–water partition coefficient (Wildman–Crippen LogP) is 0.203. The molecule has 0 aromatic heterocycles. The predicted molar refractivity (Wildman–Crippen MR) is 35.4 cm³/mol. The van der Waals surface area contributed by atoms with E-state index in [2.05, 4.69) is 4.74 Å². The molecular formula is C6H7F2NO4. The molecule has 0 saturated carbocycles. The highest BCUT2D eigenvalue weighted by atomic mass is 19.3. The zero-order chi connectivity index (χ0) is 10.2. The summed E-state index contributed by atoms with van der Waals surface area (Å²) in [5.74, 6) is -4.92. The van der Waals surface area contributed by atoms with E-state index < -0.39 is 30.1 Å². The van der Waals surface area contributed by atoms with E-state index in [1.807, 2.05) is 0 Å². The number of aliphatic carboxylic acids is 1. The Morgan fingerprint density at radius 2 is 2.23 bits per heavy atom. The van der Waals surface area contributed by atoms with E-state index in [1.54, 1.807) is 5.32 Å². The molecule has 0 aromatic rings. The van der Waals surface area contributed by atoms with Crippen molar-refractivity contribution < 1.29 is 28.2 Å². The SMILES string of the molecule is CC(F)(F)[C@H]1OC(=O)N[C@@H]1C(=O)O. The third-order valence-corrected chi connectivity index (χ3v) is 1.58. The lowest BCUT2D eigenvalue weighted by Gasteiger charge is -2.19. The molecule has 1 heterocycles. The molecule has 7 heteroatoms. The molecule has 2 N–H and O–H groups in total. The van der Waals surface area contributed by atoms with Crippen molar-refractivity contribution >= 4 is 12.1 Å². The second kappa shape index (κ2) is 2.82. The molecular weight excluding hydrogens is 188 g/mol. The van der Waals surface area contributed by atoms with Gasteiger partial charge in [-0.15, -0.1) is 0 Å². The first kappa shape index (κ1) is 9.69. The number of nitrogens with one attached hydrogen (secondary N) is 1. The maximum absolute atomic E-state index is 12.6. The normalized spacial score (nSPS) is 28.1. The fourth-order valence-corrected chi connectivity index (χ4v) is 1.01. The van der Waals surface area contributed by atoms with E-state index in [9.17, 15) is 18.4 Å². The summed E-state index contributed by atoms with van der Waals surface area (Å²) in [6.45, 7) is 0.494.